The number of nitrogens with one attached hydrogen (secondary N) is 1. The minimum Gasteiger partial charge on any atom is -0.435 e. The lowest BCUT2D eigenvalue weighted by Gasteiger charge is -2.16. The van der Waals surface area contributed by atoms with Crippen LogP contribution in [-0.2, 0) is 13.1 Å². The maximum atomic E-state index is 9.89. The second-order valence-electron chi connectivity index (χ2n) is 13.1. The molecular formula is C40H42N8O. The van der Waals surface area contributed by atoms with Gasteiger partial charge in [-0.15, -0.1) is 0 Å². The van der Waals surface area contributed by atoms with Gasteiger partial charge in [0.2, 0.25) is 5.89 Å². The van der Waals surface area contributed by atoms with E-state index in [9.17, 15) is 5.26 Å². The van der Waals surface area contributed by atoms with Crippen molar-refractivity contribution in [1.82, 2.24) is 24.8 Å². The third-order valence-electron chi connectivity index (χ3n) is 9.41. The standard InChI is InChI=1S/C39H37N7O.CH5N/c1-26-11-15-46(23-26)25-28-17-31-10-12-41-38(36(31)42-22-28)43-34-9-5-7-30(20-34)29-6-4-8-32(19-29)39-44-35-18-27(24-45-13-2-3-14-45)16-33(21-40)37(35)47-39;1-2/h4-10,12,16-20,22,26H,2-3,11,13-15,23-25H2,1H3,(H,41,43);2H2,1H3/t26-;/m1./s1. The monoisotopic (exact) mass is 650 g/mol. The summed E-state index contributed by atoms with van der Waals surface area (Å²) >= 11 is 0. The van der Waals surface area contributed by atoms with Crippen molar-refractivity contribution in [1.29, 1.82) is 5.26 Å². The number of aromatic nitrogens is 3. The molecular weight excluding hydrogens is 608 g/mol. The Bertz CT molecular complexity index is 2130. The Labute approximate surface area is 287 Å². The van der Waals surface area contributed by atoms with Crippen LogP contribution in [0.25, 0.3) is 44.6 Å². The van der Waals surface area contributed by atoms with Crippen LogP contribution in [0.3, 0.4) is 0 Å². The van der Waals surface area contributed by atoms with Crippen molar-refractivity contribution in [2.24, 2.45) is 11.7 Å². The van der Waals surface area contributed by atoms with E-state index in [4.69, 9.17) is 14.4 Å². The Morgan fingerprint density at radius 2 is 1.65 bits per heavy atom. The first-order valence-electron chi connectivity index (χ1n) is 17.2. The SMILES string of the molecule is CN.C[C@@H]1CCN(Cc2cnc3c(Nc4cccc(-c5cccc(-c6nc7cc(CN8CCCC8)cc(C#N)c7o6)c5)c4)nccc3c2)C1. The third kappa shape index (κ3) is 7.18. The van der Waals surface area contributed by atoms with E-state index in [1.54, 1.807) is 0 Å². The van der Waals surface area contributed by atoms with Crippen molar-refractivity contribution >= 4 is 33.5 Å². The molecule has 248 valence electrons. The highest BCUT2D eigenvalue weighted by atomic mass is 16.3. The van der Waals surface area contributed by atoms with Crippen LogP contribution in [0.15, 0.2) is 89.6 Å². The topological polar surface area (TPSA) is 120 Å². The molecule has 2 fully saturated rings. The van der Waals surface area contributed by atoms with Crippen molar-refractivity contribution in [3.05, 3.63) is 102 Å². The lowest BCUT2D eigenvalue weighted by molar-refractivity contribution is 0.320. The average Bonchev–Trinajstić information content (AvgIpc) is 3.91. The molecule has 3 aromatic carbocycles. The van der Waals surface area contributed by atoms with E-state index < -0.39 is 0 Å². The lowest BCUT2D eigenvalue weighted by Crippen LogP contribution is -2.19. The normalized spacial score (nSPS) is 16.5. The first-order valence-corrected chi connectivity index (χ1v) is 17.2. The molecule has 0 spiro atoms. The minimum atomic E-state index is 0.510. The number of fused-ring (bicyclic) bond motifs is 2. The number of rotatable bonds is 8. The summed E-state index contributed by atoms with van der Waals surface area (Å²) in [5.74, 6) is 2.01. The second-order valence-corrected chi connectivity index (χ2v) is 13.1. The van der Waals surface area contributed by atoms with Gasteiger partial charge < -0.3 is 15.5 Å². The summed E-state index contributed by atoms with van der Waals surface area (Å²) in [6.07, 6.45) is 7.55. The van der Waals surface area contributed by atoms with E-state index in [1.807, 2.05) is 48.8 Å². The Morgan fingerprint density at radius 3 is 2.45 bits per heavy atom. The van der Waals surface area contributed by atoms with Crippen LogP contribution in [-0.4, -0.2) is 58.0 Å². The number of nitriles is 1. The molecule has 0 unspecified atom stereocenters. The molecule has 1 atom stereocenters. The summed E-state index contributed by atoms with van der Waals surface area (Å²) in [6, 6.07) is 27.1. The van der Waals surface area contributed by atoms with Gasteiger partial charge in [-0.05, 0) is 123 Å². The molecule has 3 aromatic heterocycles. The Balaban J connectivity index is 0.00000186. The molecule has 0 aliphatic carbocycles. The van der Waals surface area contributed by atoms with Gasteiger partial charge >= 0.3 is 0 Å². The highest BCUT2D eigenvalue weighted by Crippen LogP contribution is 2.33. The van der Waals surface area contributed by atoms with Crippen LogP contribution in [0.4, 0.5) is 11.5 Å². The maximum Gasteiger partial charge on any atom is 0.227 e. The van der Waals surface area contributed by atoms with Crippen LogP contribution in [0.5, 0.6) is 0 Å². The predicted octanol–water partition coefficient (Wildman–Crippen LogP) is 7.73. The number of hydrogen-bond acceptors (Lipinski definition) is 9. The van der Waals surface area contributed by atoms with Gasteiger partial charge in [0.25, 0.3) is 0 Å². The van der Waals surface area contributed by atoms with Crippen molar-refractivity contribution in [3.8, 4) is 28.7 Å². The smallest absolute Gasteiger partial charge is 0.227 e. The number of nitrogens with two attached hydrogens (primary N) is 1. The Hall–Kier alpha value is -5.14. The van der Waals surface area contributed by atoms with Crippen LogP contribution >= 0.6 is 0 Å². The largest absolute Gasteiger partial charge is 0.435 e. The predicted molar refractivity (Wildman–Crippen MR) is 196 cm³/mol. The van der Waals surface area contributed by atoms with Gasteiger partial charge in [0, 0.05) is 48.7 Å². The number of pyridine rings is 2. The number of anilines is 2. The molecule has 3 N–H and O–H groups in total. The average molecular weight is 651 g/mol. The van der Waals surface area contributed by atoms with Gasteiger partial charge in [-0.3, -0.25) is 14.8 Å². The van der Waals surface area contributed by atoms with Gasteiger partial charge in [0.15, 0.2) is 11.4 Å². The molecule has 0 radical (unpaired) electrons. The number of oxazole rings is 1. The molecule has 49 heavy (non-hydrogen) atoms. The minimum absolute atomic E-state index is 0.510. The van der Waals surface area contributed by atoms with Crippen LogP contribution in [0.2, 0.25) is 0 Å². The number of benzene rings is 3. The fraction of sp³-hybridized carbons (Fsp3) is 0.300. The van der Waals surface area contributed by atoms with E-state index in [-0.39, 0.29) is 0 Å². The summed E-state index contributed by atoms with van der Waals surface area (Å²) in [5, 5.41) is 14.5. The molecule has 0 amide bonds. The molecule has 8 rings (SSSR count). The molecule has 2 aliphatic heterocycles. The highest BCUT2D eigenvalue weighted by molar-refractivity contribution is 5.90. The van der Waals surface area contributed by atoms with Gasteiger partial charge in [0.05, 0.1) is 5.56 Å². The summed E-state index contributed by atoms with van der Waals surface area (Å²) in [7, 11) is 1.50. The molecule has 0 bridgehead atoms. The molecule has 2 aliphatic rings. The summed E-state index contributed by atoms with van der Waals surface area (Å²) in [5.41, 5.74) is 13.4. The summed E-state index contributed by atoms with van der Waals surface area (Å²) in [6.45, 7) is 8.58. The van der Waals surface area contributed by atoms with Gasteiger partial charge in [0.1, 0.15) is 17.1 Å². The van der Waals surface area contributed by atoms with Crippen LogP contribution in [0, 0.1) is 17.2 Å². The Kier molecular flexibility index (Phi) is 9.62. The zero-order valence-corrected chi connectivity index (χ0v) is 28.2. The van der Waals surface area contributed by atoms with Crippen molar-refractivity contribution < 1.29 is 4.42 Å². The number of likely N-dealkylation sites (tertiary alicyclic amines) is 2. The zero-order chi connectivity index (χ0) is 33.7. The zero-order valence-electron chi connectivity index (χ0n) is 28.2. The van der Waals surface area contributed by atoms with Crippen LogP contribution < -0.4 is 11.1 Å². The van der Waals surface area contributed by atoms with Crippen molar-refractivity contribution in [2.75, 3.05) is 38.5 Å². The summed E-state index contributed by atoms with van der Waals surface area (Å²) < 4.78 is 6.21. The first-order chi connectivity index (χ1) is 24.1. The van der Waals surface area contributed by atoms with Gasteiger partial charge in [-0.1, -0.05) is 31.2 Å². The summed E-state index contributed by atoms with van der Waals surface area (Å²) in [4.78, 5) is 19.2. The van der Waals surface area contributed by atoms with E-state index in [2.05, 4.69) is 75.2 Å². The maximum absolute atomic E-state index is 9.89. The third-order valence-corrected chi connectivity index (χ3v) is 9.41. The molecule has 9 heteroatoms. The molecule has 5 heterocycles. The van der Waals surface area contributed by atoms with Crippen LogP contribution in [0.1, 0.15) is 42.9 Å². The van der Waals surface area contributed by atoms with E-state index in [1.165, 1.54) is 31.9 Å². The van der Waals surface area contributed by atoms with E-state index in [0.29, 0.717) is 17.0 Å². The van der Waals surface area contributed by atoms with E-state index >= 15 is 0 Å². The van der Waals surface area contributed by atoms with Crippen molar-refractivity contribution in [3.63, 3.8) is 0 Å². The van der Waals surface area contributed by atoms with Gasteiger partial charge in [-0.2, -0.15) is 5.26 Å². The fourth-order valence-corrected chi connectivity index (χ4v) is 7.04. The molecule has 2 saturated heterocycles. The Morgan fingerprint density at radius 1 is 0.878 bits per heavy atom. The first kappa shape index (κ1) is 32.4. The lowest BCUT2D eigenvalue weighted by atomic mass is 10.0. The number of hydrogen-bond donors (Lipinski definition) is 2. The second kappa shape index (κ2) is 14.5. The quantitative estimate of drug-likeness (QED) is 0.170. The van der Waals surface area contributed by atoms with Gasteiger partial charge in [-0.25, -0.2) is 9.97 Å². The van der Waals surface area contributed by atoms with E-state index in [0.717, 1.165) is 95.4 Å². The number of nitrogens with zero attached hydrogens (tertiary/aromatic N) is 6. The molecule has 6 aromatic rings. The van der Waals surface area contributed by atoms with Crippen molar-refractivity contribution in [2.45, 2.75) is 39.3 Å². The molecule has 0 saturated carbocycles. The molecule has 9 nitrogen and oxygen atoms in total. The fourth-order valence-electron chi connectivity index (χ4n) is 7.04. The highest BCUT2D eigenvalue weighted by Gasteiger charge is 2.20.